The quantitative estimate of drug-likeness (QED) is 0.700. The van der Waals surface area contributed by atoms with Gasteiger partial charge in [0, 0.05) is 30.6 Å². The lowest BCUT2D eigenvalue weighted by molar-refractivity contribution is -0.0301. The van der Waals surface area contributed by atoms with Crippen LogP contribution >= 0.6 is 11.6 Å². The zero-order chi connectivity index (χ0) is 20.6. The van der Waals surface area contributed by atoms with Gasteiger partial charge in [-0.2, -0.15) is 0 Å². The average Bonchev–Trinajstić information content (AvgIpc) is 3.19. The molecule has 0 unspecified atom stereocenters. The second-order valence-electron chi connectivity index (χ2n) is 7.39. The Morgan fingerprint density at radius 2 is 2.07 bits per heavy atom. The molecule has 1 aliphatic heterocycles. The number of likely N-dealkylation sites (tertiary alicyclic amines) is 1. The Balaban J connectivity index is 1.46. The number of aliphatic hydroxyl groups is 1. The summed E-state index contributed by atoms with van der Waals surface area (Å²) in [4.78, 5) is 31.2. The van der Waals surface area contributed by atoms with Crippen molar-refractivity contribution in [3.63, 3.8) is 0 Å². The van der Waals surface area contributed by atoms with Gasteiger partial charge in [0.1, 0.15) is 5.76 Å². The Bertz CT molecular complexity index is 1120. The third-order valence-electron chi connectivity index (χ3n) is 5.36. The van der Waals surface area contributed by atoms with Gasteiger partial charge in [0.25, 0.3) is 11.5 Å². The Hall–Kier alpha value is -2.71. The van der Waals surface area contributed by atoms with E-state index in [9.17, 15) is 14.7 Å². The highest BCUT2D eigenvalue weighted by atomic mass is 35.5. The third kappa shape index (κ3) is 3.90. The molecule has 9 heteroatoms. The summed E-state index contributed by atoms with van der Waals surface area (Å²) in [6.07, 6.45) is 2.80. The fourth-order valence-corrected chi connectivity index (χ4v) is 3.75. The molecule has 1 saturated heterocycles. The van der Waals surface area contributed by atoms with Gasteiger partial charge >= 0.3 is 0 Å². The van der Waals surface area contributed by atoms with Gasteiger partial charge < -0.3 is 14.5 Å². The van der Waals surface area contributed by atoms with Crippen LogP contribution in [0.15, 0.2) is 39.9 Å². The first-order valence-electron chi connectivity index (χ1n) is 9.50. The summed E-state index contributed by atoms with van der Waals surface area (Å²) in [5.74, 6) is 0.447. The van der Waals surface area contributed by atoms with Gasteiger partial charge in [-0.25, -0.2) is 4.98 Å². The summed E-state index contributed by atoms with van der Waals surface area (Å²) in [6.45, 7) is 2.78. The fourth-order valence-electron chi connectivity index (χ4n) is 3.59. The molecule has 152 valence electrons. The van der Waals surface area contributed by atoms with E-state index in [2.05, 4.69) is 10.1 Å². The van der Waals surface area contributed by atoms with E-state index >= 15 is 0 Å². The molecule has 4 rings (SSSR count). The van der Waals surface area contributed by atoms with Crippen molar-refractivity contribution in [3.8, 4) is 0 Å². The number of fused-ring (bicyclic) bond motifs is 1. The van der Waals surface area contributed by atoms with Gasteiger partial charge in [-0.05, 0) is 31.0 Å². The lowest BCUT2D eigenvalue weighted by Gasteiger charge is -2.38. The first kappa shape index (κ1) is 19.6. The molecule has 0 aliphatic carbocycles. The first-order valence-corrected chi connectivity index (χ1v) is 9.88. The Morgan fingerprint density at radius 1 is 1.31 bits per heavy atom. The van der Waals surface area contributed by atoms with Crippen LogP contribution in [0.5, 0.6) is 0 Å². The van der Waals surface area contributed by atoms with Crippen LogP contribution in [0.2, 0.25) is 5.02 Å². The monoisotopic (exact) mass is 416 g/mol. The Kier molecular flexibility index (Phi) is 5.14. The SMILES string of the molecule is CCc1cc(C(=O)N2CCC(O)(Cn3cnc4cc(Cl)ccc4c3=O)CC2)no1. The number of piperidine rings is 1. The second-order valence-corrected chi connectivity index (χ2v) is 7.82. The molecule has 1 aliphatic rings. The van der Waals surface area contributed by atoms with Crippen LogP contribution in [-0.4, -0.2) is 49.3 Å². The number of rotatable bonds is 4. The predicted octanol–water partition coefficient (Wildman–Crippen LogP) is 2.27. The van der Waals surface area contributed by atoms with E-state index in [1.54, 1.807) is 29.2 Å². The smallest absolute Gasteiger partial charge is 0.276 e. The summed E-state index contributed by atoms with van der Waals surface area (Å²) >= 11 is 5.95. The maximum absolute atomic E-state index is 12.7. The second kappa shape index (κ2) is 7.61. The average molecular weight is 417 g/mol. The number of aromatic nitrogens is 3. The summed E-state index contributed by atoms with van der Waals surface area (Å²) < 4.78 is 6.52. The standard InChI is InChI=1S/C20H21ClN4O4/c1-2-14-10-17(23-29-14)19(27)24-7-5-20(28,6-8-24)11-25-12-22-16-9-13(21)3-4-15(16)18(25)26/h3-4,9-10,12,28H,2,5-8,11H2,1H3. The number of carbonyl (C=O) groups excluding carboxylic acids is 1. The summed E-state index contributed by atoms with van der Waals surface area (Å²) in [7, 11) is 0. The van der Waals surface area contributed by atoms with Crippen molar-refractivity contribution in [1.29, 1.82) is 0 Å². The molecule has 0 atom stereocenters. The number of hydrogen-bond donors (Lipinski definition) is 1. The van der Waals surface area contributed by atoms with Crippen molar-refractivity contribution in [1.82, 2.24) is 19.6 Å². The highest BCUT2D eigenvalue weighted by Crippen LogP contribution is 2.25. The number of aryl methyl sites for hydroxylation is 1. The summed E-state index contributed by atoms with van der Waals surface area (Å²) in [5, 5.41) is 15.8. The van der Waals surface area contributed by atoms with Crippen molar-refractivity contribution >= 4 is 28.4 Å². The molecular weight excluding hydrogens is 396 g/mol. The molecule has 1 amide bonds. The van der Waals surface area contributed by atoms with Crippen molar-refractivity contribution in [2.24, 2.45) is 0 Å². The molecule has 0 spiro atoms. The minimum absolute atomic E-state index is 0.114. The maximum atomic E-state index is 12.7. The van der Waals surface area contributed by atoms with Crippen LogP contribution < -0.4 is 5.56 Å². The van der Waals surface area contributed by atoms with E-state index < -0.39 is 5.60 Å². The van der Waals surface area contributed by atoms with Crippen LogP contribution in [0, 0.1) is 0 Å². The number of carbonyl (C=O) groups is 1. The minimum Gasteiger partial charge on any atom is -0.388 e. The van der Waals surface area contributed by atoms with Gasteiger partial charge in [0.05, 0.1) is 29.4 Å². The van der Waals surface area contributed by atoms with Crippen LogP contribution in [-0.2, 0) is 13.0 Å². The maximum Gasteiger partial charge on any atom is 0.276 e. The lowest BCUT2D eigenvalue weighted by atomic mass is 9.91. The largest absolute Gasteiger partial charge is 0.388 e. The lowest BCUT2D eigenvalue weighted by Crippen LogP contribution is -2.49. The molecule has 8 nitrogen and oxygen atoms in total. The van der Waals surface area contributed by atoms with Crippen molar-refractivity contribution < 1.29 is 14.4 Å². The zero-order valence-electron chi connectivity index (χ0n) is 16.0. The topological polar surface area (TPSA) is 101 Å². The van der Waals surface area contributed by atoms with Gasteiger partial charge in [-0.3, -0.25) is 14.2 Å². The first-order chi connectivity index (χ1) is 13.9. The molecular formula is C20H21ClN4O4. The molecule has 1 N–H and O–H groups in total. The van der Waals surface area contributed by atoms with Crippen molar-refractivity contribution in [2.45, 2.75) is 38.3 Å². The van der Waals surface area contributed by atoms with Gasteiger partial charge in [0.15, 0.2) is 5.69 Å². The van der Waals surface area contributed by atoms with Crippen molar-refractivity contribution in [2.75, 3.05) is 13.1 Å². The van der Waals surface area contributed by atoms with Crippen LogP contribution in [0.1, 0.15) is 36.0 Å². The number of benzene rings is 1. The summed E-state index contributed by atoms with van der Waals surface area (Å²) in [6, 6.07) is 6.56. The number of halogens is 1. The van der Waals surface area contributed by atoms with Crippen LogP contribution in [0.25, 0.3) is 10.9 Å². The highest BCUT2D eigenvalue weighted by Gasteiger charge is 2.35. The third-order valence-corrected chi connectivity index (χ3v) is 5.59. The predicted molar refractivity (Wildman–Crippen MR) is 107 cm³/mol. The normalized spacial score (nSPS) is 16.3. The number of hydrogen-bond acceptors (Lipinski definition) is 6. The fraction of sp³-hybridized carbons (Fsp3) is 0.400. The molecule has 2 aromatic heterocycles. The van der Waals surface area contributed by atoms with Crippen molar-refractivity contribution in [3.05, 3.63) is 57.4 Å². The molecule has 1 aromatic carbocycles. The summed E-state index contributed by atoms with van der Waals surface area (Å²) in [5.41, 5.74) is -0.528. The van der Waals surface area contributed by atoms with E-state index in [-0.39, 0.29) is 23.7 Å². The van der Waals surface area contributed by atoms with E-state index in [0.29, 0.717) is 54.0 Å². The molecule has 1 fully saturated rings. The molecule has 3 aromatic rings. The number of nitrogens with zero attached hydrogens (tertiary/aromatic N) is 4. The molecule has 0 bridgehead atoms. The van der Waals surface area contributed by atoms with E-state index in [1.807, 2.05) is 6.92 Å². The minimum atomic E-state index is -1.10. The van der Waals surface area contributed by atoms with E-state index in [1.165, 1.54) is 10.9 Å². The molecule has 3 heterocycles. The van der Waals surface area contributed by atoms with E-state index in [4.69, 9.17) is 16.1 Å². The zero-order valence-corrected chi connectivity index (χ0v) is 16.7. The Labute approximate surface area is 171 Å². The molecule has 0 radical (unpaired) electrons. The van der Waals surface area contributed by atoms with E-state index in [0.717, 1.165) is 0 Å². The Morgan fingerprint density at radius 3 is 2.76 bits per heavy atom. The molecule has 29 heavy (non-hydrogen) atoms. The van der Waals surface area contributed by atoms with Crippen LogP contribution in [0.4, 0.5) is 0 Å². The van der Waals surface area contributed by atoms with Gasteiger partial charge in [0.2, 0.25) is 0 Å². The van der Waals surface area contributed by atoms with Gasteiger partial charge in [-0.15, -0.1) is 0 Å². The van der Waals surface area contributed by atoms with Gasteiger partial charge in [-0.1, -0.05) is 23.7 Å². The highest BCUT2D eigenvalue weighted by molar-refractivity contribution is 6.31. The molecule has 0 saturated carbocycles. The van der Waals surface area contributed by atoms with Crippen LogP contribution in [0.3, 0.4) is 0 Å². The number of amides is 1.